The minimum absolute atomic E-state index is 0.106. The van der Waals surface area contributed by atoms with Crippen LogP contribution < -0.4 is 0 Å². The molecule has 1 aromatic rings. The van der Waals surface area contributed by atoms with E-state index in [0.29, 0.717) is 0 Å². The van der Waals surface area contributed by atoms with E-state index in [2.05, 4.69) is 0 Å². The molecule has 0 unspecified atom stereocenters. The van der Waals surface area contributed by atoms with Crippen LogP contribution in [0.25, 0.3) is 0 Å². The van der Waals surface area contributed by atoms with E-state index >= 15 is 0 Å². The van der Waals surface area contributed by atoms with E-state index in [0.717, 1.165) is 11.8 Å². The first kappa shape index (κ1) is 15.3. The van der Waals surface area contributed by atoms with Crippen molar-refractivity contribution in [2.45, 2.75) is 10.6 Å². The molecule has 0 saturated carbocycles. The zero-order valence-electron chi connectivity index (χ0n) is 10.1. The molecule has 0 radical (unpaired) electrons. The van der Waals surface area contributed by atoms with Crippen LogP contribution in [-0.4, -0.2) is 40.6 Å². The van der Waals surface area contributed by atoms with Crippen LogP contribution in [0.15, 0.2) is 24.3 Å². The Morgan fingerprint density at radius 2 is 1.90 bits per heavy atom. The van der Waals surface area contributed by atoms with Gasteiger partial charge in [0.25, 0.3) is 5.69 Å². The third-order valence-corrected chi connectivity index (χ3v) is 6.79. The van der Waals surface area contributed by atoms with Gasteiger partial charge in [0.15, 0.2) is 9.84 Å². The van der Waals surface area contributed by atoms with Gasteiger partial charge in [-0.2, -0.15) is 0 Å². The van der Waals surface area contributed by atoms with Crippen LogP contribution >= 0.6 is 23.4 Å². The number of nitro groups is 1. The highest BCUT2D eigenvalue weighted by atomic mass is 35.5. The highest BCUT2D eigenvalue weighted by Crippen LogP contribution is 2.31. The summed E-state index contributed by atoms with van der Waals surface area (Å²) in [5.74, 6) is -0.246. The highest BCUT2D eigenvalue weighted by Gasteiger charge is 2.38. The second kappa shape index (κ2) is 5.71. The lowest BCUT2D eigenvalue weighted by Crippen LogP contribution is -2.17. The molecule has 1 saturated heterocycles. The summed E-state index contributed by atoms with van der Waals surface area (Å²) in [6.45, 7) is 0. The van der Waals surface area contributed by atoms with Gasteiger partial charge in [0, 0.05) is 22.9 Å². The van der Waals surface area contributed by atoms with Crippen LogP contribution in [0.5, 0.6) is 0 Å². The second-order valence-corrected chi connectivity index (χ2v) is 8.27. The Morgan fingerprint density at radius 1 is 1.30 bits per heavy atom. The van der Waals surface area contributed by atoms with Crippen molar-refractivity contribution < 1.29 is 18.1 Å². The number of benzene rings is 1. The van der Waals surface area contributed by atoms with Crippen molar-refractivity contribution in [3.05, 3.63) is 39.9 Å². The smallest absolute Gasteiger partial charge is 0.269 e. The second-order valence-electron chi connectivity index (χ2n) is 4.34. The molecule has 2 atom stereocenters. The van der Waals surface area contributed by atoms with Crippen LogP contribution in [-0.2, 0) is 9.84 Å². The molecule has 0 aromatic heterocycles. The van der Waals surface area contributed by atoms with Gasteiger partial charge in [-0.3, -0.25) is 14.9 Å². The first-order valence-corrected chi connectivity index (χ1v) is 8.72. The summed E-state index contributed by atoms with van der Waals surface area (Å²) in [7, 11) is -3.18. The first-order valence-electron chi connectivity index (χ1n) is 5.58. The van der Waals surface area contributed by atoms with Crippen LogP contribution in [0, 0.1) is 10.1 Å². The molecule has 1 fully saturated rings. The zero-order valence-corrected chi connectivity index (χ0v) is 12.5. The van der Waals surface area contributed by atoms with Crippen molar-refractivity contribution >= 4 is 44.0 Å². The summed E-state index contributed by atoms with van der Waals surface area (Å²) in [5, 5.41) is 9.09. The summed E-state index contributed by atoms with van der Waals surface area (Å²) in [5.41, 5.74) is 0.180. The van der Waals surface area contributed by atoms with Gasteiger partial charge >= 0.3 is 0 Å². The molecule has 0 amide bonds. The van der Waals surface area contributed by atoms with E-state index in [9.17, 15) is 23.3 Å². The maximum absolute atomic E-state index is 12.0. The van der Waals surface area contributed by atoms with E-state index < -0.39 is 25.4 Å². The van der Waals surface area contributed by atoms with Gasteiger partial charge in [-0.1, -0.05) is 11.8 Å². The number of non-ortho nitro benzene ring substituents is 1. The maximum Gasteiger partial charge on any atom is 0.269 e. The van der Waals surface area contributed by atoms with Crippen molar-refractivity contribution in [1.82, 2.24) is 0 Å². The van der Waals surface area contributed by atoms with E-state index in [1.165, 1.54) is 24.3 Å². The topological polar surface area (TPSA) is 94.3 Å². The lowest BCUT2D eigenvalue weighted by Gasteiger charge is -2.09. The third-order valence-electron chi connectivity index (χ3n) is 2.81. The average molecular weight is 336 g/mol. The van der Waals surface area contributed by atoms with Gasteiger partial charge in [-0.05, 0) is 12.1 Å². The van der Waals surface area contributed by atoms with Gasteiger partial charge in [0.05, 0.1) is 21.8 Å². The lowest BCUT2D eigenvalue weighted by atomic mass is 10.2. The Bertz CT molecular complexity index is 643. The number of rotatable bonds is 3. The SMILES string of the molecule is O=C(S[C@@H]1CS(=O)(=O)C[C@@H]1Cl)c1ccc([N+](=O)[O-])cc1. The Labute approximate surface area is 124 Å². The molecule has 1 heterocycles. The largest absolute Gasteiger partial charge is 0.282 e. The minimum atomic E-state index is -3.18. The number of carbonyl (C=O) groups excluding carboxylic acids is 1. The van der Waals surface area contributed by atoms with Gasteiger partial charge in [-0.25, -0.2) is 8.42 Å². The first-order chi connectivity index (χ1) is 9.28. The highest BCUT2D eigenvalue weighted by molar-refractivity contribution is 8.15. The average Bonchev–Trinajstić information content (AvgIpc) is 2.62. The summed E-state index contributed by atoms with van der Waals surface area (Å²) >= 11 is 6.78. The van der Waals surface area contributed by atoms with Crippen LogP contribution in [0.1, 0.15) is 10.4 Å². The molecule has 9 heteroatoms. The third kappa shape index (κ3) is 3.50. The molecular weight excluding hydrogens is 326 g/mol. The number of thioether (sulfide) groups is 1. The number of alkyl halides is 1. The van der Waals surface area contributed by atoms with E-state index in [1.807, 2.05) is 0 Å². The van der Waals surface area contributed by atoms with Crippen LogP contribution in [0.2, 0.25) is 0 Å². The Balaban J connectivity index is 2.07. The molecule has 0 aliphatic carbocycles. The van der Waals surface area contributed by atoms with Crippen molar-refractivity contribution in [3.63, 3.8) is 0 Å². The van der Waals surface area contributed by atoms with E-state index in [-0.39, 0.29) is 27.9 Å². The van der Waals surface area contributed by atoms with Crippen LogP contribution in [0.3, 0.4) is 0 Å². The molecule has 20 heavy (non-hydrogen) atoms. The van der Waals surface area contributed by atoms with Gasteiger partial charge in [0.1, 0.15) is 0 Å². The molecule has 0 spiro atoms. The Kier molecular flexibility index (Phi) is 4.36. The molecule has 0 N–H and O–H groups in total. The molecule has 0 bridgehead atoms. The maximum atomic E-state index is 12.0. The van der Waals surface area contributed by atoms with Crippen molar-refractivity contribution in [2.24, 2.45) is 0 Å². The van der Waals surface area contributed by atoms with Gasteiger partial charge < -0.3 is 0 Å². The molecule has 1 aliphatic rings. The monoisotopic (exact) mass is 335 g/mol. The number of carbonyl (C=O) groups is 1. The number of nitro benzene ring substituents is 1. The molecule has 1 aliphatic heterocycles. The molecule has 1 aromatic carbocycles. The number of hydrogen-bond donors (Lipinski definition) is 0. The fraction of sp³-hybridized carbons (Fsp3) is 0.364. The standard InChI is InChI=1S/C11H10ClNO5S2/c12-9-5-20(17,18)6-10(9)19-11(14)7-1-3-8(4-2-7)13(15)16/h1-4,9-10H,5-6H2/t9-,10+/m0/s1. The Hall–Kier alpha value is -1.12. The number of hydrogen-bond acceptors (Lipinski definition) is 6. The lowest BCUT2D eigenvalue weighted by molar-refractivity contribution is -0.384. The summed E-state index contributed by atoms with van der Waals surface area (Å²) < 4.78 is 22.8. The van der Waals surface area contributed by atoms with Gasteiger partial charge in [-0.15, -0.1) is 11.6 Å². The van der Waals surface area contributed by atoms with Crippen LogP contribution in [0.4, 0.5) is 5.69 Å². The minimum Gasteiger partial charge on any atom is -0.282 e. The summed E-state index contributed by atoms with van der Waals surface area (Å²) in [6.07, 6.45) is 0. The number of nitrogens with zero attached hydrogens (tertiary/aromatic N) is 1. The van der Waals surface area contributed by atoms with E-state index in [1.54, 1.807) is 0 Å². The quantitative estimate of drug-likeness (QED) is 0.475. The van der Waals surface area contributed by atoms with E-state index in [4.69, 9.17) is 11.6 Å². The van der Waals surface area contributed by atoms with Gasteiger partial charge in [0.2, 0.25) is 5.12 Å². The van der Waals surface area contributed by atoms with Crippen molar-refractivity contribution in [3.8, 4) is 0 Å². The predicted octanol–water partition coefficient (Wildman–Crippen LogP) is 1.87. The Morgan fingerprint density at radius 3 is 2.35 bits per heavy atom. The van der Waals surface area contributed by atoms with Crippen molar-refractivity contribution in [1.29, 1.82) is 0 Å². The molecule has 2 rings (SSSR count). The molecule has 6 nitrogen and oxygen atoms in total. The number of sulfone groups is 1. The summed E-state index contributed by atoms with van der Waals surface area (Å²) in [6, 6.07) is 5.16. The molecule has 108 valence electrons. The predicted molar refractivity (Wildman–Crippen MR) is 77.1 cm³/mol. The normalized spacial score (nSPS) is 24.4. The fourth-order valence-electron chi connectivity index (χ4n) is 1.81. The number of halogens is 1. The molecular formula is C11H10ClNO5S2. The fourth-order valence-corrected chi connectivity index (χ4v) is 6.12. The van der Waals surface area contributed by atoms with Crippen molar-refractivity contribution in [2.75, 3.05) is 11.5 Å². The zero-order chi connectivity index (χ0) is 14.9. The summed E-state index contributed by atoms with van der Waals surface area (Å²) in [4.78, 5) is 21.9.